The summed E-state index contributed by atoms with van der Waals surface area (Å²) in [6, 6.07) is 4.89. The molecule has 5 rings (SSSR count). The first kappa shape index (κ1) is 21.8. The van der Waals surface area contributed by atoms with Crippen LogP contribution in [0.1, 0.15) is 66.7 Å². The number of carbonyl (C=O) groups excluding carboxylic acids is 1. The number of esters is 1. The quantitative estimate of drug-likeness (QED) is 0.583. The molecule has 0 atom stereocenters. The van der Waals surface area contributed by atoms with Gasteiger partial charge < -0.3 is 9.64 Å². The van der Waals surface area contributed by atoms with E-state index in [4.69, 9.17) is 4.74 Å². The maximum absolute atomic E-state index is 11.8. The summed E-state index contributed by atoms with van der Waals surface area (Å²) >= 11 is 0. The molecule has 0 unspecified atom stereocenters. The number of aryl methyl sites for hydroxylation is 2. The predicted octanol–water partition coefficient (Wildman–Crippen LogP) is 5.10. The Hall–Kier alpha value is -2.07. The first-order valence-corrected chi connectivity index (χ1v) is 12.6. The van der Waals surface area contributed by atoms with Crippen molar-refractivity contribution in [2.24, 2.45) is 11.8 Å². The van der Waals surface area contributed by atoms with E-state index in [1.165, 1.54) is 55.0 Å². The van der Waals surface area contributed by atoms with E-state index in [1.54, 1.807) is 11.3 Å². The van der Waals surface area contributed by atoms with Crippen LogP contribution in [0.15, 0.2) is 35.6 Å². The minimum Gasteiger partial charge on any atom is -0.469 e. The standard InChI is InChI=1S/C28H38N2O2/c1-19-14-23(24-16-30(17-24)27-7-5-4-6-25(27)21-8-9-21)15-20(2)26(19)18-29-12-10-22(11-13-29)28(31)32-3/h5,7,14-15,21-22,24H,4,6,8-13,16-18H2,1-3H3. The fraction of sp³-hybridized carbons (Fsp3) is 0.607. The Kier molecular flexibility index (Phi) is 6.16. The van der Waals surface area contributed by atoms with Gasteiger partial charge in [0, 0.05) is 31.2 Å². The third kappa shape index (κ3) is 4.39. The molecule has 1 aromatic rings. The van der Waals surface area contributed by atoms with Gasteiger partial charge in [0.1, 0.15) is 0 Å². The lowest BCUT2D eigenvalue weighted by atomic mass is 9.85. The Morgan fingerprint density at radius 2 is 1.72 bits per heavy atom. The van der Waals surface area contributed by atoms with Gasteiger partial charge in [-0.2, -0.15) is 0 Å². The summed E-state index contributed by atoms with van der Waals surface area (Å²) in [4.78, 5) is 16.9. The van der Waals surface area contributed by atoms with Crippen LogP contribution in [0.5, 0.6) is 0 Å². The highest BCUT2D eigenvalue weighted by Gasteiger charge is 2.35. The molecule has 0 amide bonds. The number of hydrogen-bond donors (Lipinski definition) is 0. The summed E-state index contributed by atoms with van der Waals surface area (Å²) in [6.07, 6.45) is 11.9. The molecule has 0 bridgehead atoms. The smallest absolute Gasteiger partial charge is 0.308 e. The average molecular weight is 435 g/mol. The van der Waals surface area contributed by atoms with Crippen LogP contribution in [0.2, 0.25) is 0 Å². The monoisotopic (exact) mass is 434 g/mol. The molecule has 0 aromatic heterocycles. The van der Waals surface area contributed by atoms with E-state index < -0.39 is 0 Å². The summed E-state index contributed by atoms with van der Waals surface area (Å²) in [7, 11) is 1.50. The van der Waals surface area contributed by atoms with Crippen molar-refractivity contribution in [3.8, 4) is 0 Å². The van der Waals surface area contributed by atoms with E-state index in [9.17, 15) is 4.79 Å². The highest BCUT2D eigenvalue weighted by Crippen LogP contribution is 2.44. The lowest BCUT2D eigenvalue weighted by Crippen LogP contribution is -2.44. The number of methoxy groups -OCH3 is 1. The zero-order chi connectivity index (χ0) is 22.2. The van der Waals surface area contributed by atoms with Crippen LogP contribution in [-0.2, 0) is 16.1 Å². The number of ether oxygens (including phenoxy) is 1. The normalized spacial score (nSPS) is 22.9. The molecule has 0 radical (unpaired) electrons. The first-order chi connectivity index (χ1) is 15.5. The molecule has 2 aliphatic carbocycles. The van der Waals surface area contributed by atoms with Gasteiger partial charge in [-0.3, -0.25) is 9.69 Å². The molecule has 4 nitrogen and oxygen atoms in total. The second kappa shape index (κ2) is 9.05. The maximum Gasteiger partial charge on any atom is 0.308 e. The third-order valence-electron chi connectivity index (χ3n) is 8.17. The number of likely N-dealkylation sites (tertiary alicyclic amines) is 2. The molecule has 3 fully saturated rings. The van der Waals surface area contributed by atoms with Crippen LogP contribution >= 0.6 is 0 Å². The molecule has 172 valence electrons. The fourth-order valence-corrected chi connectivity index (χ4v) is 5.94. The minimum atomic E-state index is -0.0420. The molecule has 2 aliphatic heterocycles. The van der Waals surface area contributed by atoms with Crippen LogP contribution in [0.25, 0.3) is 0 Å². The van der Waals surface area contributed by atoms with E-state index in [0.29, 0.717) is 5.92 Å². The van der Waals surface area contributed by atoms with Gasteiger partial charge in [-0.05, 0) is 105 Å². The molecular weight excluding hydrogens is 396 g/mol. The highest BCUT2D eigenvalue weighted by atomic mass is 16.5. The van der Waals surface area contributed by atoms with Crippen molar-refractivity contribution in [3.05, 3.63) is 57.8 Å². The number of hydrogen-bond acceptors (Lipinski definition) is 4. The van der Waals surface area contributed by atoms with Crippen molar-refractivity contribution in [2.75, 3.05) is 33.3 Å². The van der Waals surface area contributed by atoms with Crippen LogP contribution in [0.3, 0.4) is 0 Å². The summed E-state index contributed by atoms with van der Waals surface area (Å²) < 4.78 is 4.93. The van der Waals surface area contributed by atoms with E-state index in [0.717, 1.165) is 51.5 Å². The molecule has 2 saturated heterocycles. The van der Waals surface area contributed by atoms with Gasteiger partial charge in [0.2, 0.25) is 0 Å². The molecule has 1 aromatic carbocycles. The lowest BCUT2D eigenvalue weighted by Gasteiger charge is -2.44. The van der Waals surface area contributed by atoms with Gasteiger partial charge in [-0.15, -0.1) is 0 Å². The van der Waals surface area contributed by atoms with Crippen LogP contribution in [0, 0.1) is 25.7 Å². The third-order valence-corrected chi connectivity index (χ3v) is 8.17. The van der Waals surface area contributed by atoms with E-state index in [-0.39, 0.29) is 11.9 Å². The topological polar surface area (TPSA) is 32.8 Å². The molecule has 2 heterocycles. The summed E-state index contributed by atoms with van der Waals surface area (Å²) in [5, 5.41) is 0. The molecule has 1 saturated carbocycles. The number of piperidine rings is 1. The van der Waals surface area contributed by atoms with Gasteiger partial charge in [0.15, 0.2) is 0 Å². The molecule has 4 aliphatic rings. The number of allylic oxidation sites excluding steroid dienone is 3. The highest BCUT2D eigenvalue weighted by molar-refractivity contribution is 5.72. The van der Waals surface area contributed by atoms with Gasteiger partial charge >= 0.3 is 5.97 Å². The number of nitrogens with zero attached hydrogens (tertiary/aromatic N) is 2. The van der Waals surface area contributed by atoms with E-state index >= 15 is 0 Å². The Morgan fingerprint density at radius 3 is 2.34 bits per heavy atom. The van der Waals surface area contributed by atoms with Crippen molar-refractivity contribution in [3.63, 3.8) is 0 Å². The summed E-state index contributed by atoms with van der Waals surface area (Å²) in [5.74, 6) is 1.58. The Bertz CT molecular complexity index is 906. The van der Waals surface area contributed by atoms with Crippen molar-refractivity contribution >= 4 is 5.97 Å². The fourth-order valence-electron chi connectivity index (χ4n) is 5.94. The molecule has 32 heavy (non-hydrogen) atoms. The van der Waals surface area contributed by atoms with Gasteiger partial charge in [0.25, 0.3) is 0 Å². The Morgan fingerprint density at radius 1 is 1.03 bits per heavy atom. The molecule has 0 N–H and O–H groups in total. The number of rotatable bonds is 6. The second-order valence-electron chi connectivity index (χ2n) is 10.4. The maximum atomic E-state index is 11.8. The largest absolute Gasteiger partial charge is 0.469 e. The van der Waals surface area contributed by atoms with Crippen molar-refractivity contribution in [1.29, 1.82) is 0 Å². The van der Waals surface area contributed by atoms with Gasteiger partial charge in [0.05, 0.1) is 13.0 Å². The zero-order valence-electron chi connectivity index (χ0n) is 20.0. The second-order valence-corrected chi connectivity index (χ2v) is 10.4. The van der Waals surface area contributed by atoms with Crippen molar-refractivity contribution < 1.29 is 9.53 Å². The van der Waals surface area contributed by atoms with Crippen molar-refractivity contribution in [1.82, 2.24) is 9.80 Å². The predicted molar refractivity (Wildman–Crippen MR) is 128 cm³/mol. The van der Waals surface area contributed by atoms with E-state index in [2.05, 4.69) is 47.9 Å². The van der Waals surface area contributed by atoms with Crippen LogP contribution in [-0.4, -0.2) is 49.1 Å². The Labute approximate surface area is 193 Å². The number of carbonyl (C=O) groups is 1. The Balaban J connectivity index is 1.21. The first-order valence-electron chi connectivity index (χ1n) is 12.6. The molecule has 0 spiro atoms. The van der Waals surface area contributed by atoms with Crippen LogP contribution in [0.4, 0.5) is 0 Å². The van der Waals surface area contributed by atoms with E-state index in [1.807, 2.05) is 0 Å². The average Bonchev–Trinajstić information content (AvgIpc) is 3.61. The molecule has 4 heteroatoms. The van der Waals surface area contributed by atoms with Crippen molar-refractivity contribution in [2.45, 2.75) is 64.8 Å². The minimum absolute atomic E-state index is 0.0420. The van der Waals surface area contributed by atoms with Gasteiger partial charge in [-0.25, -0.2) is 0 Å². The molecular formula is C28H38N2O2. The lowest BCUT2D eigenvalue weighted by molar-refractivity contribution is -0.147. The number of benzene rings is 1. The summed E-state index contributed by atoms with van der Waals surface area (Å²) in [5.41, 5.74) is 9.11. The zero-order valence-corrected chi connectivity index (χ0v) is 20.0. The van der Waals surface area contributed by atoms with Gasteiger partial charge in [-0.1, -0.05) is 18.2 Å². The summed E-state index contributed by atoms with van der Waals surface area (Å²) in [6.45, 7) is 9.82. The SMILES string of the molecule is COC(=O)C1CCN(Cc2c(C)cc(C3CN(C4=C(C5CC5)CCC=C4)C3)cc2C)CC1. The van der Waals surface area contributed by atoms with Crippen LogP contribution < -0.4 is 0 Å².